The SMILES string of the molecule is CCOCC(=O)NC1CCCCC1(C)C(=O)O. The Labute approximate surface area is 102 Å². The van der Waals surface area contributed by atoms with Crippen LogP contribution in [-0.4, -0.2) is 36.2 Å². The Morgan fingerprint density at radius 1 is 1.47 bits per heavy atom. The van der Waals surface area contributed by atoms with Gasteiger partial charge in [0.05, 0.1) is 5.41 Å². The fourth-order valence-corrected chi connectivity index (χ4v) is 2.25. The maximum atomic E-state index is 11.6. The van der Waals surface area contributed by atoms with Crippen LogP contribution in [0.4, 0.5) is 0 Å². The zero-order chi connectivity index (χ0) is 12.9. The van der Waals surface area contributed by atoms with Crippen molar-refractivity contribution in [1.82, 2.24) is 5.32 Å². The first-order valence-electron chi connectivity index (χ1n) is 6.11. The molecule has 0 spiro atoms. The summed E-state index contributed by atoms with van der Waals surface area (Å²) in [4.78, 5) is 22.9. The van der Waals surface area contributed by atoms with Crippen molar-refractivity contribution in [2.45, 2.75) is 45.6 Å². The number of hydrogen-bond donors (Lipinski definition) is 2. The molecule has 0 radical (unpaired) electrons. The van der Waals surface area contributed by atoms with E-state index in [0.717, 1.165) is 19.3 Å². The van der Waals surface area contributed by atoms with Gasteiger partial charge in [0.1, 0.15) is 6.61 Å². The van der Waals surface area contributed by atoms with Crippen molar-refractivity contribution in [3.63, 3.8) is 0 Å². The molecular formula is C12H21NO4. The Hall–Kier alpha value is -1.10. The van der Waals surface area contributed by atoms with Gasteiger partial charge in [-0.15, -0.1) is 0 Å². The molecule has 1 aliphatic rings. The number of nitrogens with one attached hydrogen (secondary N) is 1. The zero-order valence-corrected chi connectivity index (χ0v) is 10.5. The van der Waals surface area contributed by atoms with Gasteiger partial charge in [-0.2, -0.15) is 0 Å². The van der Waals surface area contributed by atoms with E-state index in [0.29, 0.717) is 13.0 Å². The van der Waals surface area contributed by atoms with Crippen molar-refractivity contribution in [3.8, 4) is 0 Å². The minimum Gasteiger partial charge on any atom is -0.481 e. The lowest BCUT2D eigenvalue weighted by molar-refractivity contribution is -0.152. The summed E-state index contributed by atoms with van der Waals surface area (Å²) in [7, 11) is 0. The molecule has 1 aliphatic carbocycles. The van der Waals surface area contributed by atoms with Crippen LogP contribution in [0.3, 0.4) is 0 Å². The summed E-state index contributed by atoms with van der Waals surface area (Å²) < 4.78 is 5.01. The monoisotopic (exact) mass is 243 g/mol. The molecule has 17 heavy (non-hydrogen) atoms. The van der Waals surface area contributed by atoms with Gasteiger partial charge in [-0.25, -0.2) is 0 Å². The second-order valence-electron chi connectivity index (χ2n) is 4.73. The van der Waals surface area contributed by atoms with Crippen molar-refractivity contribution < 1.29 is 19.4 Å². The van der Waals surface area contributed by atoms with Crippen LogP contribution in [0.1, 0.15) is 39.5 Å². The lowest BCUT2D eigenvalue weighted by atomic mass is 9.71. The predicted molar refractivity (Wildman–Crippen MR) is 62.6 cm³/mol. The van der Waals surface area contributed by atoms with Crippen molar-refractivity contribution in [2.24, 2.45) is 5.41 Å². The molecule has 1 fully saturated rings. The van der Waals surface area contributed by atoms with Gasteiger partial charge in [-0.05, 0) is 26.7 Å². The third kappa shape index (κ3) is 3.43. The molecule has 5 nitrogen and oxygen atoms in total. The quantitative estimate of drug-likeness (QED) is 0.760. The van der Waals surface area contributed by atoms with Gasteiger partial charge in [0.15, 0.2) is 0 Å². The lowest BCUT2D eigenvalue weighted by Crippen LogP contribution is -2.52. The van der Waals surface area contributed by atoms with Crippen LogP contribution in [0.5, 0.6) is 0 Å². The van der Waals surface area contributed by atoms with E-state index in [9.17, 15) is 14.7 Å². The number of amides is 1. The molecule has 0 aromatic rings. The third-order valence-electron chi connectivity index (χ3n) is 3.47. The van der Waals surface area contributed by atoms with Crippen LogP contribution in [0.2, 0.25) is 0 Å². The molecule has 0 bridgehead atoms. The Morgan fingerprint density at radius 2 is 2.18 bits per heavy atom. The van der Waals surface area contributed by atoms with E-state index in [1.165, 1.54) is 0 Å². The van der Waals surface area contributed by atoms with E-state index in [1.54, 1.807) is 6.92 Å². The average molecular weight is 243 g/mol. The molecule has 1 rings (SSSR count). The summed E-state index contributed by atoms with van der Waals surface area (Å²) >= 11 is 0. The molecule has 2 unspecified atom stereocenters. The van der Waals surface area contributed by atoms with Crippen molar-refractivity contribution in [2.75, 3.05) is 13.2 Å². The van der Waals surface area contributed by atoms with E-state index in [1.807, 2.05) is 6.92 Å². The van der Waals surface area contributed by atoms with E-state index < -0.39 is 11.4 Å². The van der Waals surface area contributed by atoms with Crippen LogP contribution in [-0.2, 0) is 14.3 Å². The van der Waals surface area contributed by atoms with Gasteiger partial charge in [0.25, 0.3) is 0 Å². The number of aliphatic carboxylic acids is 1. The molecule has 0 aromatic heterocycles. The Kier molecular flexibility index (Phi) is 4.93. The van der Waals surface area contributed by atoms with Gasteiger partial charge in [-0.1, -0.05) is 12.8 Å². The van der Waals surface area contributed by atoms with Gasteiger partial charge in [0.2, 0.25) is 5.91 Å². The lowest BCUT2D eigenvalue weighted by Gasteiger charge is -2.38. The Balaban J connectivity index is 2.60. The molecule has 0 heterocycles. The number of carboxylic acid groups (broad SMARTS) is 1. The molecule has 2 atom stereocenters. The fourth-order valence-electron chi connectivity index (χ4n) is 2.25. The van der Waals surface area contributed by atoms with Crippen molar-refractivity contribution >= 4 is 11.9 Å². The first-order chi connectivity index (χ1) is 8.00. The van der Waals surface area contributed by atoms with E-state index in [-0.39, 0.29) is 18.6 Å². The summed E-state index contributed by atoms with van der Waals surface area (Å²) in [6.07, 6.45) is 3.20. The van der Waals surface area contributed by atoms with E-state index in [4.69, 9.17) is 4.74 Å². The molecular weight excluding hydrogens is 222 g/mol. The van der Waals surface area contributed by atoms with Gasteiger partial charge in [-0.3, -0.25) is 9.59 Å². The molecule has 0 aliphatic heterocycles. The number of ether oxygens (including phenoxy) is 1. The van der Waals surface area contributed by atoms with Crippen LogP contribution >= 0.6 is 0 Å². The van der Waals surface area contributed by atoms with Crippen LogP contribution in [0.15, 0.2) is 0 Å². The standard InChI is InChI=1S/C12H21NO4/c1-3-17-8-10(14)13-9-6-4-5-7-12(9,2)11(15)16/h9H,3-8H2,1-2H3,(H,13,14)(H,15,16). The van der Waals surface area contributed by atoms with Crippen LogP contribution in [0.25, 0.3) is 0 Å². The molecule has 2 N–H and O–H groups in total. The molecule has 5 heteroatoms. The third-order valence-corrected chi connectivity index (χ3v) is 3.47. The number of carbonyl (C=O) groups is 2. The highest BCUT2D eigenvalue weighted by molar-refractivity contribution is 5.80. The minimum absolute atomic E-state index is 0.00268. The summed E-state index contributed by atoms with van der Waals surface area (Å²) in [5, 5.41) is 12.1. The minimum atomic E-state index is -0.847. The maximum absolute atomic E-state index is 11.6. The largest absolute Gasteiger partial charge is 0.481 e. The number of carbonyl (C=O) groups excluding carboxylic acids is 1. The Bertz CT molecular complexity index is 292. The Morgan fingerprint density at radius 3 is 2.76 bits per heavy atom. The van der Waals surface area contributed by atoms with Crippen LogP contribution in [0, 0.1) is 5.41 Å². The maximum Gasteiger partial charge on any atom is 0.311 e. The summed E-state index contributed by atoms with van der Waals surface area (Å²) in [5.41, 5.74) is -0.847. The summed E-state index contributed by atoms with van der Waals surface area (Å²) in [6.45, 7) is 4.01. The number of hydrogen-bond acceptors (Lipinski definition) is 3. The summed E-state index contributed by atoms with van der Waals surface area (Å²) in [6, 6.07) is -0.290. The highest BCUT2D eigenvalue weighted by atomic mass is 16.5. The molecule has 0 saturated heterocycles. The van der Waals surface area contributed by atoms with Gasteiger partial charge < -0.3 is 15.2 Å². The predicted octanol–water partition coefficient (Wildman–Crippen LogP) is 1.17. The van der Waals surface area contributed by atoms with E-state index >= 15 is 0 Å². The molecule has 98 valence electrons. The molecule has 0 aromatic carbocycles. The van der Waals surface area contributed by atoms with Crippen LogP contribution < -0.4 is 5.32 Å². The van der Waals surface area contributed by atoms with Crippen molar-refractivity contribution in [1.29, 1.82) is 0 Å². The first kappa shape index (κ1) is 14.0. The second kappa shape index (κ2) is 6.00. The number of rotatable bonds is 5. The molecule has 1 amide bonds. The first-order valence-corrected chi connectivity index (χ1v) is 6.11. The normalized spacial score (nSPS) is 28.7. The van der Waals surface area contributed by atoms with Gasteiger partial charge >= 0.3 is 5.97 Å². The van der Waals surface area contributed by atoms with Gasteiger partial charge in [0, 0.05) is 12.6 Å². The van der Waals surface area contributed by atoms with E-state index in [2.05, 4.69) is 5.32 Å². The topological polar surface area (TPSA) is 75.6 Å². The molecule has 1 saturated carbocycles. The fraction of sp³-hybridized carbons (Fsp3) is 0.833. The summed E-state index contributed by atoms with van der Waals surface area (Å²) in [5.74, 6) is -1.06. The highest BCUT2D eigenvalue weighted by Gasteiger charge is 2.43. The zero-order valence-electron chi connectivity index (χ0n) is 10.5. The number of carboxylic acids is 1. The smallest absolute Gasteiger partial charge is 0.311 e. The van der Waals surface area contributed by atoms with Crippen molar-refractivity contribution in [3.05, 3.63) is 0 Å². The second-order valence-corrected chi connectivity index (χ2v) is 4.73. The highest BCUT2D eigenvalue weighted by Crippen LogP contribution is 2.36. The average Bonchev–Trinajstić information content (AvgIpc) is 2.29.